The van der Waals surface area contributed by atoms with Crippen molar-refractivity contribution in [3.63, 3.8) is 0 Å². The van der Waals surface area contributed by atoms with Crippen LogP contribution in [-0.2, 0) is 0 Å². The van der Waals surface area contributed by atoms with E-state index < -0.39 is 0 Å². The van der Waals surface area contributed by atoms with E-state index in [1.54, 1.807) is 0 Å². The third kappa shape index (κ3) is 2.68. The van der Waals surface area contributed by atoms with Crippen molar-refractivity contribution in [3.05, 3.63) is 0 Å². The molecule has 1 aliphatic rings. The van der Waals surface area contributed by atoms with Crippen molar-refractivity contribution in [1.82, 2.24) is 4.90 Å². The average molecular weight is 184 g/mol. The van der Waals surface area contributed by atoms with Gasteiger partial charge in [0.05, 0.1) is 0 Å². The number of hydrogen-bond donors (Lipinski definition) is 1. The maximum absolute atomic E-state index is 5.90. The molecule has 1 rings (SSSR count). The molecule has 0 aliphatic heterocycles. The molecule has 0 bridgehead atoms. The van der Waals surface area contributed by atoms with E-state index in [-0.39, 0.29) is 0 Å². The van der Waals surface area contributed by atoms with Crippen LogP contribution in [0.4, 0.5) is 0 Å². The molecule has 2 N–H and O–H groups in total. The number of hydrogen-bond acceptors (Lipinski definition) is 2. The lowest BCUT2D eigenvalue weighted by atomic mass is 9.85. The molecule has 0 saturated heterocycles. The summed E-state index contributed by atoms with van der Waals surface area (Å²) >= 11 is 0. The Morgan fingerprint density at radius 3 is 2.08 bits per heavy atom. The second kappa shape index (κ2) is 4.97. The van der Waals surface area contributed by atoms with Crippen molar-refractivity contribution in [2.75, 3.05) is 26.2 Å². The van der Waals surface area contributed by atoms with Gasteiger partial charge in [-0.25, -0.2) is 0 Å². The van der Waals surface area contributed by atoms with Gasteiger partial charge in [-0.1, -0.05) is 26.7 Å². The summed E-state index contributed by atoms with van der Waals surface area (Å²) in [6, 6.07) is 0. The standard InChI is InChI=1S/C11H24N2/c1-3-13(4-2)10-11(9-12)7-5-6-8-11/h3-10,12H2,1-2H3. The largest absolute Gasteiger partial charge is 0.330 e. The molecule has 0 amide bonds. The van der Waals surface area contributed by atoms with Crippen molar-refractivity contribution in [2.45, 2.75) is 39.5 Å². The normalized spacial score (nSPS) is 21.2. The third-order valence-corrected chi connectivity index (χ3v) is 3.55. The Bertz CT molecular complexity index is 135. The highest BCUT2D eigenvalue weighted by Gasteiger charge is 2.33. The molecule has 2 heteroatoms. The molecule has 0 unspecified atom stereocenters. The Morgan fingerprint density at radius 2 is 1.69 bits per heavy atom. The minimum atomic E-state index is 0.464. The van der Waals surface area contributed by atoms with Gasteiger partial charge in [0.25, 0.3) is 0 Å². The van der Waals surface area contributed by atoms with E-state index in [4.69, 9.17) is 5.73 Å². The van der Waals surface area contributed by atoms with Gasteiger partial charge >= 0.3 is 0 Å². The van der Waals surface area contributed by atoms with Crippen LogP contribution in [0.15, 0.2) is 0 Å². The van der Waals surface area contributed by atoms with Crippen molar-refractivity contribution in [3.8, 4) is 0 Å². The molecule has 0 heterocycles. The second-order valence-corrected chi connectivity index (χ2v) is 4.37. The molecule has 0 aromatic heterocycles. The van der Waals surface area contributed by atoms with Crippen LogP contribution in [-0.4, -0.2) is 31.1 Å². The minimum absolute atomic E-state index is 0.464. The molecule has 1 fully saturated rings. The van der Waals surface area contributed by atoms with Gasteiger partial charge in [0.15, 0.2) is 0 Å². The maximum atomic E-state index is 5.90. The van der Waals surface area contributed by atoms with E-state index in [1.165, 1.54) is 32.2 Å². The van der Waals surface area contributed by atoms with Crippen LogP contribution in [0.2, 0.25) is 0 Å². The summed E-state index contributed by atoms with van der Waals surface area (Å²) in [5.41, 5.74) is 6.36. The zero-order valence-corrected chi connectivity index (χ0v) is 9.18. The topological polar surface area (TPSA) is 29.3 Å². The summed E-state index contributed by atoms with van der Waals surface area (Å²) in [7, 11) is 0. The van der Waals surface area contributed by atoms with Gasteiger partial charge < -0.3 is 10.6 Å². The summed E-state index contributed by atoms with van der Waals surface area (Å²) in [5.74, 6) is 0. The SMILES string of the molecule is CCN(CC)CC1(CN)CCCC1. The van der Waals surface area contributed by atoms with E-state index in [9.17, 15) is 0 Å². The van der Waals surface area contributed by atoms with Gasteiger partial charge in [-0.05, 0) is 37.9 Å². The summed E-state index contributed by atoms with van der Waals surface area (Å²) in [4.78, 5) is 2.51. The predicted molar refractivity (Wildman–Crippen MR) is 57.7 cm³/mol. The number of rotatable bonds is 5. The summed E-state index contributed by atoms with van der Waals surface area (Å²) < 4.78 is 0. The number of nitrogens with zero attached hydrogens (tertiary/aromatic N) is 1. The highest BCUT2D eigenvalue weighted by molar-refractivity contribution is 4.88. The fraction of sp³-hybridized carbons (Fsp3) is 1.00. The van der Waals surface area contributed by atoms with Gasteiger partial charge in [-0.15, -0.1) is 0 Å². The maximum Gasteiger partial charge on any atom is 0.00498 e. The van der Waals surface area contributed by atoms with Crippen molar-refractivity contribution in [2.24, 2.45) is 11.1 Å². The van der Waals surface area contributed by atoms with E-state index in [1.807, 2.05) is 0 Å². The van der Waals surface area contributed by atoms with Crippen LogP contribution in [0.5, 0.6) is 0 Å². The Morgan fingerprint density at radius 1 is 1.15 bits per heavy atom. The average Bonchev–Trinajstić information content (AvgIpc) is 2.63. The molecule has 78 valence electrons. The van der Waals surface area contributed by atoms with Crippen LogP contribution >= 0.6 is 0 Å². The van der Waals surface area contributed by atoms with Gasteiger partial charge in [0, 0.05) is 6.54 Å². The molecule has 1 aliphatic carbocycles. The smallest absolute Gasteiger partial charge is 0.00498 e. The fourth-order valence-electron chi connectivity index (χ4n) is 2.47. The first-order valence-corrected chi connectivity index (χ1v) is 5.69. The molecule has 1 saturated carbocycles. The molecule has 2 nitrogen and oxygen atoms in total. The first-order chi connectivity index (χ1) is 6.26. The lowest BCUT2D eigenvalue weighted by Gasteiger charge is -2.33. The van der Waals surface area contributed by atoms with Crippen LogP contribution < -0.4 is 5.73 Å². The van der Waals surface area contributed by atoms with Crippen molar-refractivity contribution >= 4 is 0 Å². The lowest BCUT2D eigenvalue weighted by molar-refractivity contribution is 0.170. The highest BCUT2D eigenvalue weighted by Crippen LogP contribution is 2.37. The van der Waals surface area contributed by atoms with Crippen molar-refractivity contribution < 1.29 is 0 Å². The first kappa shape index (κ1) is 11.0. The lowest BCUT2D eigenvalue weighted by Crippen LogP contribution is -2.40. The molecular formula is C11H24N2. The Kier molecular flexibility index (Phi) is 4.20. The van der Waals surface area contributed by atoms with Gasteiger partial charge in [-0.3, -0.25) is 0 Å². The summed E-state index contributed by atoms with van der Waals surface area (Å²) in [6.45, 7) is 8.90. The van der Waals surface area contributed by atoms with E-state index in [2.05, 4.69) is 18.7 Å². The van der Waals surface area contributed by atoms with E-state index in [0.29, 0.717) is 5.41 Å². The Balaban J connectivity index is 2.46. The second-order valence-electron chi connectivity index (χ2n) is 4.37. The van der Waals surface area contributed by atoms with Gasteiger partial charge in [-0.2, -0.15) is 0 Å². The zero-order chi connectivity index (χ0) is 9.73. The summed E-state index contributed by atoms with van der Waals surface area (Å²) in [6.07, 6.45) is 5.47. The quantitative estimate of drug-likeness (QED) is 0.706. The molecule has 13 heavy (non-hydrogen) atoms. The van der Waals surface area contributed by atoms with Gasteiger partial charge in [0.2, 0.25) is 0 Å². The van der Waals surface area contributed by atoms with Crippen LogP contribution in [0.3, 0.4) is 0 Å². The predicted octanol–water partition coefficient (Wildman–Crippen LogP) is 1.85. The Labute approximate surface area is 82.5 Å². The molecule has 0 aromatic carbocycles. The zero-order valence-electron chi connectivity index (χ0n) is 9.18. The molecule has 0 spiro atoms. The molecular weight excluding hydrogens is 160 g/mol. The van der Waals surface area contributed by atoms with E-state index >= 15 is 0 Å². The van der Waals surface area contributed by atoms with E-state index in [0.717, 1.165) is 19.6 Å². The monoisotopic (exact) mass is 184 g/mol. The number of nitrogens with two attached hydrogens (primary N) is 1. The minimum Gasteiger partial charge on any atom is -0.330 e. The third-order valence-electron chi connectivity index (χ3n) is 3.55. The van der Waals surface area contributed by atoms with Crippen LogP contribution in [0.25, 0.3) is 0 Å². The van der Waals surface area contributed by atoms with Gasteiger partial charge in [0.1, 0.15) is 0 Å². The fourth-order valence-corrected chi connectivity index (χ4v) is 2.47. The first-order valence-electron chi connectivity index (χ1n) is 5.69. The molecule has 0 atom stereocenters. The van der Waals surface area contributed by atoms with Crippen LogP contribution in [0, 0.1) is 5.41 Å². The molecule has 0 radical (unpaired) electrons. The van der Waals surface area contributed by atoms with Crippen LogP contribution in [0.1, 0.15) is 39.5 Å². The Hall–Kier alpha value is -0.0800. The highest BCUT2D eigenvalue weighted by atomic mass is 15.1. The van der Waals surface area contributed by atoms with Crippen molar-refractivity contribution in [1.29, 1.82) is 0 Å². The summed E-state index contributed by atoms with van der Waals surface area (Å²) in [5, 5.41) is 0. The molecule has 0 aromatic rings.